The number of aromatic nitrogens is 5. The number of nitrogens with zero attached hydrogens (tertiary/aromatic N) is 7. The Morgan fingerprint density at radius 3 is 2.38 bits per heavy atom. The third-order valence-corrected chi connectivity index (χ3v) is 8.49. The van der Waals surface area contributed by atoms with Crippen LogP contribution in [0.4, 0.5) is 35.0 Å². The molecule has 0 radical (unpaired) electrons. The second-order valence-corrected chi connectivity index (χ2v) is 11.6. The molecule has 14 nitrogen and oxygen atoms in total. The van der Waals surface area contributed by atoms with Crippen molar-refractivity contribution in [1.82, 2.24) is 24.1 Å². The molecule has 250 valence electrons. The molecule has 2 saturated heterocycles. The van der Waals surface area contributed by atoms with Crippen molar-refractivity contribution < 1.29 is 37.3 Å². The first-order chi connectivity index (χ1) is 22.3. The van der Waals surface area contributed by atoms with Gasteiger partial charge in [-0.15, -0.1) is 11.8 Å². The van der Waals surface area contributed by atoms with Gasteiger partial charge in [-0.05, 0) is 18.2 Å². The van der Waals surface area contributed by atoms with Crippen LogP contribution in [0.15, 0.2) is 52.6 Å². The predicted molar refractivity (Wildman–Crippen MR) is 164 cm³/mol. The van der Waals surface area contributed by atoms with E-state index in [0.717, 1.165) is 10.8 Å². The number of hydrogen-bond acceptors (Lipinski definition) is 12. The number of halogens is 4. The summed E-state index contributed by atoms with van der Waals surface area (Å²) in [5.74, 6) is -1.61. The number of pyridine rings is 1. The van der Waals surface area contributed by atoms with E-state index in [2.05, 4.69) is 15.0 Å². The fourth-order valence-corrected chi connectivity index (χ4v) is 6.21. The topological polar surface area (TPSA) is 182 Å². The number of rotatable bonds is 5. The molecular formula is C28H28F4N8O6S. The van der Waals surface area contributed by atoms with E-state index in [-0.39, 0.29) is 50.3 Å². The minimum absolute atomic E-state index is 0.0572. The van der Waals surface area contributed by atoms with Crippen LogP contribution in [0, 0.1) is 5.82 Å². The molecule has 6 rings (SSSR count). The summed E-state index contributed by atoms with van der Waals surface area (Å²) >= 11 is 1.47. The highest BCUT2D eigenvalue weighted by atomic mass is 32.2. The van der Waals surface area contributed by atoms with Gasteiger partial charge in [0.15, 0.2) is 0 Å². The van der Waals surface area contributed by atoms with E-state index in [4.69, 9.17) is 15.6 Å². The smallest absolute Gasteiger partial charge is 0.420 e. The molecule has 0 unspecified atom stereocenters. The molecule has 0 aliphatic carbocycles. The number of nitrogen functional groups attached to an aromatic ring is 1. The standard InChI is InChI=1S/C20H17F4N5O3.C8H11N3O3S/c1-27-10-12(18(31)32)17(30)11-9-13(21)16(14(15(11)27)20(22,23)24)28-5-7-29(8-6-28)19-25-3-2-4-26-19;9-5-1-2-11(8(13)10-5)6-4-15-7(3-12)14-6/h2-4,9-10H,5-8H2,1H3,(H,31,32);1-2,6-7,12H,3-4H2,(H2,9,10,13)/t;6-,7+/m.0/s1. The Kier molecular flexibility index (Phi) is 9.68. The molecule has 4 aromatic rings. The summed E-state index contributed by atoms with van der Waals surface area (Å²) in [6, 6.07) is 3.86. The average molecular weight is 681 g/mol. The van der Waals surface area contributed by atoms with Crippen LogP contribution < -0.4 is 26.7 Å². The second kappa shape index (κ2) is 13.5. The van der Waals surface area contributed by atoms with Crippen molar-refractivity contribution in [3.63, 3.8) is 0 Å². The number of piperazine rings is 1. The Hall–Kier alpha value is -4.75. The van der Waals surface area contributed by atoms with E-state index in [1.165, 1.54) is 28.3 Å². The van der Waals surface area contributed by atoms with Crippen molar-refractivity contribution in [2.45, 2.75) is 17.8 Å². The van der Waals surface area contributed by atoms with Crippen LogP contribution in [-0.4, -0.2) is 84.2 Å². The molecule has 2 atom stereocenters. The average Bonchev–Trinajstić information content (AvgIpc) is 3.51. The number of carbonyl (C=O) groups is 1. The van der Waals surface area contributed by atoms with Gasteiger partial charge in [-0.1, -0.05) is 0 Å². The van der Waals surface area contributed by atoms with Crippen molar-refractivity contribution in [2.75, 3.05) is 54.1 Å². The zero-order chi connectivity index (χ0) is 34.0. The molecule has 5 heterocycles. The SMILES string of the molecule is Cn1cc(C(=O)O)c(=O)c2cc(F)c(N3CCN(c4ncccn4)CC3)c(C(F)(F)F)c21.Nc1ccn([C@@H]2CS[C@H](CO)O2)c(=O)n1. The van der Waals surface area contributed by atoms with Crippen LogP contribution in [0.5, 0.6) is 0 Å². The number of alkyl halides is 3. The lowest BCUT2D eigenvalue weighted by Crippen LogP contribution is -2.48. The van der Waals surface area contributed by atoms with Gasteiger partial charge in [-0.2, -0.15) is 18.2 Å². The number of anilines is 3. The Morgan fingerprint density at radius 2 is 1.81 bits per heavy atom. The highest BCUT2D eigenvalue weighted by Crippen LogP contribution is 2.43. The van der Waals surface area contributed by atoms with Gasteiger partial charge in [0.1, 0.15) is 34.4 Å². The van der Waals surface area contributed by atoms with Crippen LogP contribution in [0.25, 0.3) is 10.9 Å². The number of aromatic carboxylic acids is 1. The van der Waals surface area contributed by atoms with E-state index >= 15 is 4.39 Å². The molecule has 3 aromatic heterocycles. The van der Waals surface area contributed by atoms with Gasteiger partial charge < -0.3 is 35.1 Å². The maximum atomic E-state index is 15.1. The summed E-state index contributed by atoms with van der Waals surface area (Å²) in [7, 11) is 1.19. The summed E-state index contributed by atoms with van der Waals surface area (Å²) in [5, 5.41) is 17.4. The fourth-order valence-electron chi connectivity index (χ4n) is 5.28. The number of aliphatic hydroxyl groups excluding tert-OH is 1. The lowest BCUT2D eigenvalue weighted by Gasteiger charge is -2.37. The Bertz CT molecular complexity index is 1900. The minimum Gasteiger partial charge on any atom is -0.477 e. The van der Waals surface area contributed by atoms with Gasteiger partial charge in [0, 0.05) is 63.8 Å². The number of thioether (sulfide) groups is 1. The minimum atomic E-state index is -5.00. The van der Waals surface area contributed by atoms with Gasteiger partial charge in [0.2, 0.25) is 11.4 Å². The van der Waals surface area contributed by atoms with Gasteiger partial charge in [-0.25, -0.2) is 23.9 Å². The molecule has 19 heteroatoms. The summed E-state index contributed by atoms with van der Waals surface area (Å²) in [6.45, 7) is 0.583. The first-order valence-electron chi connectivity index (χ1n) is 14.0. The van der Waals surface area contributed by atoms with Crippen LogP contribution in [0.1, 0.15) is 22.1 Å². The molecule has 0 spiro atoms. The maximum absolute atomic E-state index is 15.1. The zero-order valence-corrected chi connectivity index (χ0v) is 25.4. The molecule has 2 aliphatic rings. The second-order valence-electron chi connectivity index (χ2n) is 10.4. The van der Waals surface area contributed by atoms with Gasteiger partial charge in [0.25, 0.3) is 0 Å². The van der Waals surface area contributed by atoms with Gasteiger partial charge in [0.05, 0.1) is 23.2 Å². The van der Waals surface area contributed by atoms with Crippen molar-refractivity contribution in [1.29, 1.82) is 0 Å². The maximum Gasteiger partial charge on any atom is 0.420 e. The molecule has 1 aromatic carbocycles. The molecule has 0 bridgehead atoms. The number of nitrogens with two attached hydrogens (primary N) is 1. The van der Waals surface area contributed by atoms with Crippen molar-refractivity contribution in [3.05, 3.63) is 80.6 Å². The highest BCUT2D eigenvalue weighted by molar-refractivity contribution is 8.00. The Morgan fingerprint density at radius 1 is 1.15 bits per heavy atom. The molecule has 2 aliphatic heterocycles. The van der Waals surface area contributed by atoms with E-state index in [1.54, 1.807) is 35.6 Å². The Balaban J connectivity index is 0.000000241. The first kappa shape index (κ1) is 33.6. The zero-order valence-electron chi connectivity index (χ0n) is 24.6. The number of aryl methyl sites for hydroxylation is 1. The van der Waals surface area contributed by atoms with Crippen molar-refractivity contribution in [3.8, 4) is 0 Å². The number of carboxylic acid groups (broad SMARTS) is 1. The van der Waals surface area contributed by atoms with E-state index in [9.17, 15) is 32.7 Å². The summed E-state index contributed by atoms with van der Waals surface area (Å²) < 4.78 is 65.3. The highest BCUT2D eigenvalue weighted by Gasteiger charge is 2.41. The van der Waals surface area contributed by atoms with E-state index in [1.807, 2.05) is 0 Å². The number of hydrogen-bond donors (Lipinski definition) is 3. The molecule has 0 amide bonds. The fraction of sp³-hybridized carbons (Fsp3) is 0.357. The molecule has 0 saturated carbocycles. The van der Waals surface area contributed by atoms with Crippen molar-refractivity contribution >= 4 is 46.1 Å². The predicted octanol–water partition coefficient (Wildman–Crippen LogP) is 1.92. The third-order valence-electron chi connectivity index (χ3n) is 7.38. The number of ether oxygens (including phenoxy) is 1. The van der Waals surface area contributed by atoms with Crippen molar-refractivity contribution in [2.24, 2.45) is 7.05 Å². The first-order valence-corrected chi connectivity index (χ1v) is 15.0. The number of fused-ring (bicyclic) bond motifs is 1. The molecule has 47 heavy (non-hydrogen) atoms. The summed E-state index contributed by atoms with van der Waals surface area (Å²) in [6.07, 6.45) is 0.0957. The third kappa shape index (κ3) is 7.00. The lowest BCUT2D eigenvalue weighted by molar-refractivity contribution is -0.136. The van der Waals surface area contributed by atoms with Crippen LogP contribution in [0.3, 0.4) is 0 Å². The van der Waals surface area contributed by atoms with E-state index < -0.39 is 56.8 Å². The van der Waals surface area contributed by atoms with Crippen LogP contribution in [0.2, 0.25) is 0 Å². The quantitative estimate of drug-likeness (QED) is 0.260. The van der Waals surface area contributed by atoms with Crippen LogP contribution >= 0.6 is 11.8 Å². The summed E-state index contributed by atoms with van der Waals surface area (Å²) in [5.41, 5.74) is 0.208. The normalized spacial score (nSPS) is 18.3. The lowest BCUT2D eigenvalue weighted by atomic mass is 10.0. The summed E-state index contributed by atoms with van der Waals surface area (Å²) in [4.78, 5) is 50.1. The largest absolute Gasteiger partial charge is 0.477 e. The van der Waals surface area contributed by atoms with E-state index in [0.29, 0.717) is 17.8 Å². The molecule has 2 fully saturated rings. The number of benzene rings is 1. The number of carboxylic acids is 1. The van der Waals surface area contributed by atoms with Gasteiger partial charge >= 0.3 is 17.8 Å². The number of aliphatic hydroxyl groups is 1. The monoisotopic (exact) mass is 680 g/mol. The molecule has 4 N–H and O–H groups in total. The molecular weight excluding hydrogens is 652 g/mol. The Labute approximate surface area is 267 Å². The van der Waals surface area contributed by atoms with Gasteiger partial charge in [-0.3, -0.25) is 9.36 Å². The van der Waals surface area contributed by atoms with Crippen LogP contribution in [-0.2, 0) is 18.0 Å².